The van der Waals surface area contributed by atoms with Gasteiger partial charge in [-0.15, -0.1) is 0 Å². The molecule has 3 rings (SSSR count). The Morgan fingerprint density at radius 2 is 1.08 bits per heavy atom. The van der Waals surface area contributed by atoms with Gasteiger partial charge in [0.05, 0.1) is 0 Å². The molecule has 0 bridgehead atoms. The summed E-state index contributed by atoms with van der Waals surface area (Å²) in [5, 5.41) is 10.9. The number of carbonyl (C=O) groups is 1. The minimum Gasteiger partial charge on any atom is -0.370 e. The lowest BCUT2D eigenvalue weighted by molar-refractivity contribution is -0.117. The van der Waals surface area contributed by atoms with E-state index in [1.54, 1.807) is 0 Å². The minimum absolute atomic E-state index is 0.0428. The predicted octanol–water partition coefficient (Wildman–Crippen LogP) is 2.42. The first kappa shape index (κ1) is 27.6. The molecule has 3 aromatic carbocycles. The Balaban J connectivity index is 1.59. The Hall–Kier alpha value is -3.03. The van der Waals surface area contributed by atoms with Gasteiger partial charge in [0.2, 0.25) is 5.91 Å². The molecule has 3 atom stereocenters. The van der Waals surface area contributed by atoms with Crippen LogP contribution in [-0.4, -0.2) is 50.2 Å². The van der Waals surface area contributed by atoms with Crippen molar-refractivity contribution in [2.24, 2.45) is 11.5 Å². The van der Waals surface area contributed by atoms with Gasteiger partial charge in [0.15, 0.2) is 0 Å². The molecule has 0 aliphatic carbocycles. The van der Waals surface area contributed by atoms with Gasteiger partial charge in [-0.05, 0) is 36.0 Å². The molecule has 6 heteroatoms. The number of benzene rings is 3. The van der Waals surface area contributed by atoms with Crippen molar-refractivity contribution in [3.05, 3.63) is 108 Å². The molecule has 0 aliphatic heterocycles. The number of nitrogens with two attached hydrogens (primary N) is 2. The molecule has 3 aromatic rings. The van der Waals surface area contributed by atoms with Crippen LogP contribution in [0.1, 0.15) is 23.1 Å². The van der Waals surface area contributed by atoms with Crippen LogP contribution in [-0.2, 0) is 24.1 Å². The van der Waals surface area contributed by atoms with Crippen LogP contribution < -0.4 is 27.4 Å². The van der Waals surface area contributed by atoms with Crippen molar-refractivity contribution in [2.75, 3.05) is 26.2 Å². The van der Waals surface area contributed by atoms with E-state index in [2.05, 4.69) is 88.7 Å². The molecule has 0 spiro atoms. The highest BCUT2D eigenvalue weighted by Gasteiger charge is 2.16. The zero-order valence-electron chi connectivity index (χ0n) is 21.1. The van der Waals surface area contributed by atoms with Crippen LogP contribution in [0.3, 0.4) is 0 Å². The van der Waals surface area contributed by atoms with Crippen LogP contribution in [0, 0.1) is 0 Å². The van der Waals surface area contributed by atoms with E-state index in [0.717, 1.165) is 38.9 Å². The summed E-state index contributed by atoms with van der Waals surface area (Å²) in [6, 6.07) is 31.9. The molecular formula is C30H41N5O. The summed E-state index contributed by atoms with van der Waals surface area (Å²) in [6.45, 7) is 2.90. The molecule has 0 aliphatic rings. The molecule has 0 saturated heterocycles. The lowest BCUT2D eigenvalue weighted by Crippen LogP contribution is -2.50. The Kier molecular flexibility index (Phi) is 12.1. The van der Waals surface area contributed by atoms with Gasteiger partial charge in [-0.25, -0.2) is 0 Å². The smallest absolute Gasteiger partial charge is 0.218 e. The van der Waals surface area contributed by atoms with Gasteiger partial charge in [0, 0.05) is 50.7 Å². The standard InChI is InChI=1S/C30H41N5O/c31-27(18-24-10-4-1-5-11-24)21-34-29(20-26-14-8-3-9-15-26)23-35-28(22-33-17-16-30(32)36)19-25-12-6-2-7-13-25/h1-15,27-29,33-35H,16-23,31H2,(H2,32,36)/t27-,28-,29-/m0/s1. The van der Waals surface area contributed by atoms with E-state index in [1.807, 2.05) is 18.2 Å². The zero-order valence-corrected chi connectivity index (χ0v) is 21.1. The topological polar surface area (TPSA) is 105 Å². The number of primary amides is 1. The zero-order chi connectivity index (χ0) is 25.4. The number of hydrogen-bond donors (Lipinski definition) is 5. The normalized spacial score (nSPS) is 13.7. The fourth-order valence-electron chi connectivity index (χ4n) is 4.33. The molecule has 0 saturated carbocycles. The predicted molar refractivity (Wildman–Crippen MR) is 149 cm³/mol. The summed E-state index contributed by atoms with van der Waals surface area (Å²) in [5.41, 5.74) is 15.6. The van der Waals surface area contributed by atoms with Crippen LogP contribution in [0.5, 0.6) is 0 Å². The highest BCUT2D eigenvalue weighted by molar-refractivity contribution is 5.73. The number of rotatable bonds is 17. The van der Waals surface area contributed by atoms with Gasteiger partial charge in [0.1, 0.15) is 0 Å². The van der Waals surface area contributed by atoms with Crippen molar-refractivity contribution in [1.29, 1.82) is 0 Å². The average molecular weight is 488 g/mol. The Morgan fingerprint density at radius 3 is 1.58 bits per heavy atom. The highest BCUT2D eigenvalue weighted by atomic mass is 16.1. The van der Waals surface area contributed by atoms with E-state index in [1.165, 1.54) is 16.7 Å². The molecule has 0 fully saturated rings. The third kappa shape index (κ3) is 11.1. The molecule has 0 unspecified atom stereocenters. The van der Waals surface area contributed by atoms with Crippen LogP contribution >= 0.6 is 0 Å². The van der Waals surface area contributed by atoms with E-state index in [0.29, 0.717) is 13.0 Å². The minimum atomic E-state index is -0.283. The third-order valence-electron chi connectivity index (χ3n) is 6.25. The lowest BCUT2D eigenvalue weighted by atomic mass is 10.0. The Morgan fingerprint density at radius 1 is 0.639 bits per heavy atom. The van der Waals surface area contributed by atoms with E-state index >= 15 is 0 Å². The van der Waals surface area contributed by atoms with Crippen molar-refractivity contribution in [3.8, 4) is 0 Å². The van der Waals surface area contributed by atoms with Crippen LogP contribution in [0.25, 0.3) is 0 Å². The van der Waals surface area contributed by atoms with Crippen molar-refractivity contribution >= 4 is 5.91 Å². The Labute approximate surface area is 215 Å². The van der Waals surface area contributed by atoms with E-state index in [4.69, 9.17) is 11.5 Å². The van der Waals surface area contributed by atoms with Gasteiger partial charge < -0.3 is 27.4 Å². The second-order valence-electron chi connectivity index (χ2n) is 9.46. The van der Waals surface area contributed by atoms with Crippen LogP contribution in [0.15, 0.2) is 91.0 Å². The molecule has 36 heavy (non-hydrogen) atoms. The molecular weight excluding hydrogens is 446 g/mol. The molecule has 6 nitrogen and oxygen atoms in total. The van der Waals surface area contributed by atoms with Crippen LogP contribution in [0.4, 0.5) is 0 Å². The summed E-state index contributed by atoms with van der Waals surface area (Å²) in [6.07, 6.45) is 3.00. The molecule has 7 N–H and O–H groups in total. The molecule has 0 aromatic heterocycles. The van der Waals surface area contributed by atoms with Crippen molar-refractivity contribution in [2.45, 2.75) is 43.8 Å². The second kappa shape index (κ2) is 15.9. The first-order chi connectivity index (χ1) is 17.6. The first-order valence-electron chi connectivity index (χ1n) is 12.9. The summed E-state index contributed by atoms with van der Waals surface area (Å²) < 4.78 is 0. The molecule has 192 valence electrons. The Bertz CT molecular complexity index is 984. The molecule has 1 amide bonds. The summed E-state index contributed by atoms with van der Waals surface area (Å²) in [7, 11) is 0. The monoisotopic (exact) mass is 487 g/mol. The van der Waals surface area contributed by atoms with Crippen molar-refractivity contribution < 1.29 is 4.79 Å². The number of amides is 1. The summed E-state index contributed by atoms with van der Waals surface area (Å²) in [4.78, 5) is 11.1. The highest BCUT2D eigenvalue weighted by Crippen LogP contribution is 2.07. The fourth-order valence-corrected chi connectivity index (χ4v) is 4.33. The summed E-state index contributed by atoms with van der Waals surface area (Å²) in [5.74, 6) is -0.283. The third-order valence-corrected chi connectivity index (χ3v) is 6.25. The maximum atomic E-state index is 11.1. The van der Waals surface area contributed by atoms with Gasteiger partial charge in [-0.3, -0.25) is 4.79 Å². The van der Waals surface area contributed by atoms with E-state index in [9.17, 15) is 4.79 Å². The molecule has 0 radical (unpaired) electrons. The van der Waals surface area contributed by atoms with Crippen molar-refractivity contribution in [3.63, 3.8) is 0 Å². The van der Waals surface area contributed by atoms with E-state index in [-0.39, 0.29) is 24.0 Å². The summed E-state index contributed by atoms with van der Waals surface area (Å²) >= 11 is 0. The number of hydrogen-bond acceptors (Lipinski definition) is 5. The second-order valence-corrected chi connectivity index (χ2v) is 9.46. The quantitative estimate of drug-likeness (QED) is 0.188. The molecule has 0 heterocycles. The van der Waals surface area contributed by atoms with Gasteiger partial charge >= 0.3 is 0 Å². The largest absolute Gasteiger partial charge is 0.370 e. The van der Waals surface area contributed by atoms with Gasteiger partial charge in [0.25, 0.3) is 0 Å². The van der Waals surface area contributed by atoms with Crippen molar-refractivity contribution in [1.82, 2.24) is 16.0 Å². The van der Waals surface area contributed by atoms with Gasteiger partial charge in [-0.2, -0.15) is 0 Å². The average Bonchev–Trinajstić information content (AvgIpc) is 2.89. The number of carbonyl (C=O) groups excluding carboxylic acids is 1. The van der Waals surface area contributed by atoms with Crippen LogP contribution in [0.2, 0.25) is 0 Å². The van der Waals surface area contributed by atoms with Gasteiger partial charge in [-0.1, -0.05) is 91.0 Å². The fraction of sp³-hybridized carbons (Fsp3) is 0.367. The first-order valence-corrected chi connectivity index (χ1v) is 12.9. The number of nitrogens with one attached hydrogen (secondary N) is 3. The maximum Gasteiger partial charge on any atom is 0.218 e. The lowest BCUT2D eigenvalue weighted by Gasteiger charge is -2.26. The maximum absolute atomic E-state index is 11.1. The SMILES string of the molecule is NC(=O)CCNC[C@H](Cc1ccccc1)NC[C@H](Cc1ccccc1)NC[C@@H](N)Cc1ccccc1. The van der Waals surface area contributed by atoms with E-state index < -0.39 is 0 Å².